The summed E-state index contributed by atoms with van der Waals surface area (Å²) in [5.41, 5.74) is 18.3. The second kappa shape index (κ2) is 9.39. The van der Waals surface area contributed by atoms with Crippen LogP contribution >= 0.6 is 0 Å². The van der Waals surface area contributed by atoms with E-state index in [4.69, 9.17) is 17.2 Å². The Hall–Kier alpha value is -4.41. The van der Waals surface area contributed by atoms with Crippen LogP contribution in [0.1, 0.15) is 5.56 Å². The van der Waals surface area contributed by atoms with Gasteiger partial charge in [0.25, 0.3) is 5.91 Å². The van der Waals surface area contributed by atoms with Crippen LogP contribution in [0.5, 0.6) is 0 Å². The third-order valence-electron chi connectivity index (χ3n) is 4.61. The lowest BCUT2D eigenvalue weighted by molar-refractivity contribution is -0.112. The number of hydrogen-bond acceptors (Lipinski definition) is 7. The zero-order valence-corrected chi connectivity index (χ0v) is 17.4. The van der Waals surface area contributed by atoms with E-state index in [0.717, 1.165) is 16.7 Å². The van der Waals surface area contributed by atoms with Gasteiger partial charge in [-0.1, -0.05) is 6.07 Å². The van der Waals surface area contributed by atoms with Gasteiger partial charge in [-0.2, -0.15) is 13.2 Å². The van der Waals surface area contributed by atoms with Gasteiger partial charge >= 0.3 is 6.18 Å². The van der Waals surface area contributed by atoms with Crippen molar-refractivity contribution in [3.8, 4) is 22.4 Å². The number of nitrogens with two attached hydrogens (primary N) is 3. The van der Waals surface area contributed by atoms with Crippen LogP contribution in [0.15, 0.2) is 72.6 Å². The first kappa shape index (κ1) is 23.3. The average molecular weight is 455 g/mol. The smallest absolute Gasteiger partial charge is 0.404 e. The third kappa shape index (κ3) is 5.64. The Bertz CT molecular complexity index is 1250. The topological polar surface area (TPSA) is 146 Å². The van der Waals surface area contributed by atoms with Crippen LogP contribution in [0.4, 0.5) is 24.7 Å². The summed E-state index contributed by atoms with van der Waals surface area (Å²) < 4.78 is 38.5. The van der Waals surface area contributed by atoms with E-state index in [1.54, 1.807) is 36.7 Å². The van der Waals surface area contributed by atoms with Crippen molar-refractivity contribution in [3.05, 3.63) is 78.2 Å². The van der Waals surface area contributed by atoms with Crippen molar-refractivity contribution in [2.75, 3.05) is 11.1 Å². The van der Waals surface area contributed by atoms with Gasteiger partial charge in [0.2, 0.25) is 0 Å². The summed E-state index contributed by atoms with van der Waals surface area (Å²) >= 11 is 0. The highest BCUT2D eigenvalue weighted by Crippen LogP contribution is 2.30. The average Bonchev–Trinajstić information content (AvgIpc) is 2.77. The van der Waals surface area contributed by atoms with E-state index >= 15 is 0 Å². The predicted molar refractivity (Wildman–Crippen MR) is 119 cm³/mol. The summed E-state index contributed by atoms with van der Waals surface area (Å²) in [4.78, 5) is 24.6. The van der Waals surface area contributed by atoms with Crippen LogP contribution in [0, 0.1) is 6.92 Å². The number of alkyl halides is 3. The molecule has 0 aliphatic rings. The van der Waals surface area contributed by atoms with Gasteiger partial charge in [-0.15, -0.1) is 0 Å². The SMILES string of the molecule is Cc1ccc(NC(=O)/C(N)=C/C(=C\N)C(F)(F)F)cc1-c1cncc(-c2cc(N)ncn2)c1. The molecule has 0 fully saturated rings. The molecule has 0 saturated heterocycles. The van der Waals surface area contributed by atoms with Crippen LogP contribution in [-0.4, -0.2) is 27.0 Å². The van der Waals surface area contributed by atoms with Crippen molar-refractivity contribution in [1.82, 2.24) is 15.0 Å². The van der Waals surface area contributed by atoms with Gasteiger partial charge in [-0.05, 0) is 42.3 Å². The maximum absolute atomic E-state index is 12.8. The number of amides is 1. The van der Waals surface area contributed by atoms with Crippen molar-refractivity contribution < 1.29 is 18.0 Å². The first-order chi connectivity index (χ1) is 15.6. The summed E-state index contributed by atoms with van der Waals surface area (Å²) in [6.07, 6.45) is 0.698. The Morgan fingerprint density at radius 2 is 1.82 bits per heavy atom. The Balaban J connectivity index is 1.89. The molecule has 170 valence electrons. The van der Waals surface area contributed by atoms with Crippen LogP contribution < -0.4 is 22.5 Å². The van der Waals surface area contributed by atoms with E-state index in [2.05, 4.69) is 20.3 Å². The van der Waals surface area contributed by atoms with Gasteiger partial charge in [0, 0.05) is 41.5 Å². The van der Waals surface area contributed by atoms with Gasteiger partial charge in [0.1, 0.15) is 12.1 Å². The number of rotatable bonds is 5. The molecule has 33 heavy (non-hydrogen) atoms. The minimum atomic E-state index is -4.73. The van der Waals surface area contributed by atoms with E-state index in [0.29, 0.717) is 35.0 Å². The summed E-state index contributed by atoms with van der Waals surface area (Å²) in [6.45, 7) is 1.87. The molecule has 3 rings (SSSR count). The van der Waals surface area contributed by atoms with E-state index in [1.807, 2.05) is 13.0 Å². The minimum absolute atomic E-state index is 0.315. The number of aromatic nitrogens is 3. The molecule has 1 amide bonds. The van der Waals surface area contributed by atoms with Crippen LogP contribution in [0.2, 0.25) is 0 Å². The molecule has 2 aromatic heterocycles. The summed E-state index contributed by atoms with van der Waals surface area (Å²) in [5.74, 6) is -0.591. The highest BCUT2D eigenvalue weighted by atomic mass is 19.4. The van der Waals surface area contributed by atoms with Gasteiger partial charge in [-0.3, -0.25) is 9.78 Å². The monoisotopic (exact) mass is 455 g/mol. The zero-order valence-electron chi connectivity index (χ0n) is 17.4. The molecule has 0 bridgehead atoms. The second-order valence-corrected chi connectivity index (χ2v) is 6.99. The molecule has 11 heteroatoms. The zero-order chi connectivity index (χ0) is 24.2. The van der Waals surface area contributed by atoms with Crippen molar-refractivity contribution in [2.45, 2.75) is 13.1 Å². The summed E-state index contributed by atoms with van der Waals surface area (Å²) in [6, 6.07) is 8.49. The molecular weight excluding hydrogens is 435 g/mol. The molecule has 0 spiro atoms. The maximum Gasteiger partial charge on any atom is 0.417 e. The molecule has 0 radical (unpaired) electrons. The molecule has 1 aromatic carbocycles. The van der Waals surface area contributed by atoms with Crippen LogP contribution in [0.3, 0.4) is 0 Å². The molecule has 0 saturated carbocycles. The van der Waals surface area contributed by atoms with Gasteiger partial charge in [0.05, 0.1) is 17.0 Å². The highest BCUT2D eigenvalue weighted by molar-refractivity contribution is 6.03. The molecule has 2 heterocycles. The molecule has 7 N–H and O–H groups in total. The van der Waals surface area contributed by atoms with Crippen LogP contribution in [-0.2, 0) is 4.79 Å². The van der Waals surface area contributed by atoms with E-state index in [9.17, 15) is 18.0 Å². The number of allylic oxidation sites excluding steroid dienone is 2. The van der Waals surface area contributed by atoms with E-state index in [1.165, 1.54) is 6.33 Å². The molecule has 0 aliphatic carbocycles. The molecule has 0 unspecified atom stereocenters. The number of hydrogen-bond donors (Lipinski definition) is 4. The van der Waals surface area contributed by atoms with Crippen molar-refractivity contribution in [1.29, 1.82) is 0 Å². The van der Waals surface area contributed by atoms with Crippen molar-refractivity contribution in [2.24, 2.45) is 11.5 Å². The fraction of sp³-hybridized carbons (Fsp3) is 0.0909. The number of pyridine rings is 1. The largest absolute Gasteiger partial charge is 0.417 e. The van der Waals surface area contributed by atoms with Gasteiger partial charge < -0.3 is 22.5 Å². The van der Waals surface area contributed by atoms with Gasteiger partial charge in [0.15, 0.2) is 0 Å². The Morgan fingerprint density at radius 1 is 1.09 bits per heavy atom. The standard InChI is InChI=1S/C22H20F3N7O/c1-12-2-3-16(32-21(33)18(27)5-15(8-26)22(23,24)25)6-17(12)13-4-14(10-29-9-13)19-7-20(28)31-11-30-19/h2-11H,26-27H2,1H3,(H,32,33)(H2,28,30,31)/b15-8+,18-5-. The van der Waals surface area contributed by atoms with E-state index < -0.39 is 23.4 Å². The second-order valence-electron chi connectivity index (χ2n) is 6.99. The first-order valence-electron chi connectivity index (χ1n) is 9.50. The van der Waals surface area contributed by atoms with E-state index in [-0.39, 0.29) is 0 Å². The summed E-state index contributed by atoms with van der Waals surface area (Å²) in [5, 5.41) is 2.49. The van der Waals surface area contributed by atoms with Crippen LogP contribution in [0.25, 0.3) is 22.4 Å². The quantitative estimate of drug-likeness (QED) is 0.341. The molecule has 0 atom stereocenters. The number of anilines is 2. The lowest BCUT2D eigenvalue weighted by Gasteiger charge is -2.12. The molecule has 3 aromatic rings. The number of nitrogen functional groups attached to an aromatic ring is 1. The lowest BCUT2D eigenvalue weighted by Crippen LogP contribution is -2.22. The Morgan fingerprint density at radius 3 is 2.48 bits per heavy atom. The Kier molecular flexibility index (Phi) is 6.61. The number of halogens is 3. The normalized spacial score (nSPS) is 12.5. The highest BCUT2D eigenvalue weighted by Gasteiger charge is 2.32. The number of carbonyl (C=O) groups excluding carboxylic acids is 1. The number of benzene rings is 1. The van der Waals surface area contributed by atoms with Crippen molar-refractivity contribution >= 4 is 17.4 Å². The third-order valence-corrected chi connectivity index (χ3v) is 4.61. The first-order valence-corrected chi connectivity index (χ1v) is 9.50. The summed E-state index contributed by atoms with van der Waals surface area (Å²) in [7, 11) is 0. The predicted octanol–water partition coefficient (Wildman–Crippen LogP) is 3.28. The van der Waals surface area contributed by atoms with Crippen molar-refractivity contribution in [3.63, 3.8) is 0 Å². The number of carbonyl (C=O) groups is 1. The molecule has 0 aliphatic heterocycles. The Labute approximate surface area is 187 Å². The minimum Gasteiger partial charge on any atom is -0.404 e. The lowest BCUT2D eigenvalue weighted by atomic mass is 9.99. The fourth-order valence-corrected chi connectivity index (χ4v) is 2.93. The maximum atomic E-state index is 12.8. The molecule has 8 nitrogen and oxygen atoms in total. The molecular formula is C22H20F3N7O. The number of nitrogens with one attached hydrogen (secondary N) is 1. The number of nitrogens with zero attached hydrogens (tertiary/aromatic N) is 3. The number of aryl methyl sites for hydroxylation is 1. The fourth-order valence-electron chi connectivity index (χ4n) is 2.93. The van der Waals surface area contributed by atoms with Gasteiger partial charge in [-0.25, -0.2) is 9.97 Å².